The molecule has 1 aromatic rings. The quantitative estimate of drug-likeness (QED) is 0.540. The fourth-order valence-corrected chi connectivity index (χ4v) is 1.54. The molecular weight excluding hydrogens is 198 g/mol. The molecule has 1 aliphatic heterocycles. The van der Waals surface area contributed by atoms with Crippen molar-refractivity contribution in [2.24, 2.45) is 5.73 Å². The van der Waals surface area contributed by atoms with Crippen LogP contribution in [0.4, 0.5) is 11.6 Å². The van der Waals surface area contributed by atoms with Crippen LogP contribution in [-0.2, 0) is 0 Å². The highest BCUT2D eigenvalue weighted by molar-refractivity contribution is 5.35. The van der Waals surface area contributed by atoms with E-state index in [2.05, 4.69) is 9.97 Å². The summed E-state index contributed by atoms with van der Waals surface area (Å²) in [6.45, 7) is 1.51. The Morgan fingerprint density at radius 3 is 2.67 bits per heavy atom. The number of rotatable bonds is 2. The molecule has 0 bridgehead atoms. The van der Waals surface area contributed by atoms with Gasteiger partial charge in [-0.3, -0.25) is 10.1 Å². The third-order valence-corrected chi connectivity index (χ3v) is 2.34. The molecule has 0 aliphatic carbocycles. The van der Waals surface area contributed by atoms with E-state index in [0.717, 1.165) is 13.0 Å². The van der Waals surface area contributed by atoms with Crippen LogP contribution in [0.2, 0.25) is 0 Å². The average Bonchev–Trinajstić information content (AvgIpc) is 2.65. The van der Waals surface area contributed by atoms with E-state index < -0.39 is 4.92 Å². The first-order valence-corrected chi connectivity index (χ1v) is 4.64. The van der Waals surface area contributed by atoms with Gasteiger partial charge in [0, 0.05) is 19.1 Å². The van der Waals surface area contributed by atoms with E-state index >= 15 is 0 Å². The Morgan fingerprint density at radius 2 is 2.20 bits per heavy atom. The van der Waals surface area contributed by atoms with Crippen molar-refractivity contribution in [2.45, 2.75) is 12.5 Å². The summed E-state index contributed by atoms with van der Waals surface area (Å²) in [5.41, 5.74) is 5.64. The molecule has 2 heterocycles. The van der Waals surface area contributed by atoms with Gasteiger partial charge in [0.05, 0.1) is 4.92 Å². The maximum atomic E-state index is 10.4. The lowest BCUT2D eigenvalue weighted by molar-refractivity contribution is -0.385. The molecule has 0 amide bonds. The highest BCUT2D eigenvalue weighted by Crippen LogP contribution is 2.16. The first-order chi connectivity index (χ1) is 7.16. The summed E-state index contributed by atoms with van der Waals surface area (Å²) in [5, 5.41) is 10.4. The van der Waals surface area contributed by atoms with Crippen molar-refractivity contribution in [1.29, 1.82) is 0 Å². The Bertz CT molecular complexity index is 366. The van der Waals surface area contributed by atoms with E-state index in [0.29, 0.717) is 12.5 Å². The molecule has 1 aliphatic rings. The molecule has 1 saturated heterocycles. The molecule has 0 saturated carbocycles. The summed E-state index contributed by atoms with van der Waals surface area (Å²) in [6, 6.07) is 0.142. The molecule has 1 unspecified atom stereocenters. The largest absolute Gasteiger partial charge is 0.339 e. The van der Waals surface area contributed by atoms with E-state index in [4.69, 9.17) is 5.73 Å². The SMILES string of the molecule is NC1CCN(c2ncc([N+](=O)[O-])cn2)C1. The van der Waals surface area contributed by atoms with Crippen molar-refractivity contribution in [1.82, 2.24) is 9.97 Å². The summed E-state index contributed by atoms with van der Waals surface area (Å²) >= 11 is 0. The number of nitrogens with zero attached hydrogens (tertiary/aromatic N) is 4. The normalized spacial score (nSPS) is 20.6. The minimum Gasteiger partial charge on any atom is -0.339 e. The number of hydrogen-bond acceptors (Lipinski definition) is 6. The third-order valence-electron chi connectivity index (χ3n) is 2.34. The van der Waals surface area contributed by atoms with Gasteiger partial charge in [-0.05, 0) is 6.42 Å². The molecule has 2 rings (SSSR count). The predicted molar refractivity (Wildman–Crippen MR) is 53.5 cm³/mol. The van der Waals surface area contributed by atoms with Gasteiger partial charge in [-0.1, -0.05) is 0 Å². The minimum absolute atomic E-state index is 0.0951. The molecule has 2 N–H and O–H groups in total. The Labute approximate surface area is 86.1 Å². The van der Waals surface area contributed by atoms with Gasteiger partial charge in [0.25, 0.3) is 0 Å². The fourth-order valence-electron chi connectivity index (χ4n) is 1.54. The number of anilines is 1. The summed E-state index contributed by atoms with van der Waals surface area (Å²) < 4.78 is 0. The predicted octanol–water partition coefficient (Wildman–Crippen LogP) is -0.0778. The van der Waals surface area contributed by atoms with Crippen molar-refractivity contribution in [3.05, 3.63) is 22.5 Å². The summed E-state index contributed by atoms with van der Waals surface area (Å²) in [6.07, 6.45) is 3.33. The Morgan fingerprint density at radius 1 is 1.53 bits per heavy atom. The van der Waals surface area contributed by atoms with E-state index in [9.17, 15) is 10.1 Å². The summed E-state index contributed by atoms with van der Waals surface area (Å²) in [4.78, 5) is 19.7. The van der Waals surface area contributed by atoms with Crippen molar-refractivity contribution >= 4 is 11.6 Å². The molecule has 7 heteroatoms. The molecule has 15 heavy (non-hydrogen) atoms. The van der Waals surface area contributed by atoms with Crippen LogP contribution < -0.4 is 10.6 Å². The smallest absolute Gasteiger partial charge is 0.305 e. The number of nitro groups is 1. The van der Waals surface area contributed by atoms with Crippen LogP contribution in [0.3, 0.4) is 0 Å². The molecule has 1 fully saturated rings. The molecule has 1 atom stereocenters. The van der Waals surface area contributed by atoms with Crippen molar-refractivity contribution in [3.63, 3.8) is 0 Å². The molecule has 7 nitrogen and oxygen atoms in total. The molecule has 1 aromatic heterocycles. The van der Waals surface area contributed by atoms with Crippen LogP contribution in [0.25, 0.3) is 0 Å². The average molecular weight is 209 g/mol. The standard InChI is InChI=1S/C8H11N5O2/c9-6-1-2-12(5-6)8-10-3-7(4-11-8)13(14)15/h3-4,6H,1-2,5,9H2. The third kappa shape index (κ3) is 2.01. The fraction of sp³-hybridized carbons (Fsp3) is 0.500. The summed E-state index contributed by atoms with van der Waals surface area (Å²) in [7, 11) is 0. The molecule has 0 spiro atoms. The van der Waals surface area contributed by atoms with Gasteiger partial charge in [0.2, 0.25) is 5.95 Å². The second kappa shape index (κ2) is 3.77. The zero-order valence-corrected chi connectivity index (χ0v) is 8.04. The number of nitrogens with two attached hydrogens (primary N) is 1. The van der Waals surface area contributed by atoms with Gasteiger partial charge in [0.15, 0.2) is 0 Å². The van der Waals surface area contributed by atoms with E-state index in [-0.39, 0.29) is 11.7 Å². The lowest BCUT2D eigenvalue weighted by atomic mass is 10.3. The van der Waals surface area contributed by atoms with E-state index in [1.54, 1.807) is 0 Å². The van der Waals surface area contributed by atoms with Crippen LogP contribution in [0.15, 0.2) is 12.4 Å². The Balaban J connectivity index is 2.13. The Hall–Kier alpha value is -1.76. The van der Waals surface area contributed by atoms with Gasteiger partial charge in [-0.15, -0.1) is 0 Å². The van der Waals surface area contributed by atoms with Crippen molar-refractivity contribution < 1.29 is 4.92 Å². The zero-order valence-electron chi connectivity index (χ0n) is 8.04. The topological polar surface area (TPSA) is 98.2 Å². The monoisotopic (exact) mass is 209 g/mol. The first kappa shape index (κ1) is 9.78. The molecular formula is C8H11N5O2. The van der Waals surface area contributed by atoms with Gasteiger partial charge in [-0.2, -0.15) is 0 Å². The van der Waals surface area contributed by atoms with Crippen LogP contribution in [0, 0.1) is 10.1 Å². The van der Waals surface area contributed by atoms with E-state index in [1.807, 2.05) is 4.90 Å². The van der Waals surface area contributed by atoms with Gasteiger partial charge in [-0.25, -0.2) is 9.97 Å². The van der Waals surface area contributed by atoms with Crippen LogP contribution in [0.5, 0.6) is 0 Å². The first-order valence-electron chi connectivity index (χ1n) is 4.64. The lowest BCUT2D eigenvalue weighted by Gasteiger charge is -2.14. The number of aromatic nitrogens is 2. The minimum atomic E-state index is -0.514. The maximum absolute atomic E-state index is 10.4. The number of hydrogen-bond donors (Lipinski definition) is 1. The Kier molecular flexibility index (Phi) is 2.46. The van der Waals surface area contributed by atoms with Crippen LogP contribution in [0.1, 0.15) is 6.42 Å². The molecule has 80 valence electrons. The van der Waals surface area contributed by atoms with E-state index in [1.165, 1.54) is 12.4 Å². The highest BCUT2D eigenvalue weighted by Gasteiger charge is 2.21. The second-order valence-corrected chi connectivity index (χ2v) is 3.49. The summed E-state index contributed by atoms with van der Waals surface area (Å²) in [5.74, 6) is 0.508. The van der Waals surface area contributed by atoms with Crippen molar-refractivity contribution in [3.8, 4) is 0 Å². The van der Waals surface area contributed by atoms with Crippen LogP contribution in [-0.4, -0.2) is 34.0 Å². The van der Waals surface area contributed by atoms with Gasteiger partial charge in [0.1, 0.15) is 12.4 Å². The second-order valence-electron chi connectivity index (χ2n) is 3.49. The highest BCUT2D eigenvalue weighted by atomic mass is 16.6. The van der Waals surface area contributed by atoms with Crippen molar-refractivity contribution in [2.75, 3.05) is 18.0 Å². The zero-order chi connectivity index (χ0) is 10.8. The molecule has 0 aromatic carbocycles. The van der Waals surface area contributed by atoms with Gasteiger partial charge >= 0.3 is 5.69 Å². The maximum Gasteiger partial charge on any atom is 0.305 e. The molecule has 0 radical (unpaired) electrons. The van der Waals surface area contributed by atoms with Crippen LogP contribution >= 0.6 is 0 Å². The lowest BCUT2D eigenvalue weighted by Crippen LogP contribution is -2.27. The van der Waals surface area contributed by atoms with Gasteiger partial charge < -0.3 is 10.6 Å².